The van der Waals surface area contributed by atoms with Gasteiger partial charge in [-0.2, -0.15) is 0 Å². The van der Waals surface area contributed by atoms with Crippen molar-refractivity contribution in [2.45, 2.75) is 20.7 Å². The second-order valence-corrected chi connectivity index (χ2v) is 4.78. The van der Waals surface area contributed by atoms with Gasteiger partial charge in [-0.3, -0.25) is 0 Å². The van der Waals surface area contributed by atoms with E-state index >= 15 is 0 Å². The summed E-state index contributed by atoms with van der Waals surface area (Å²) in [5.41, 5.74) is 8.73. The maximum atomic E-state index is 2.32. The lowest BCUT2D eigenvalue weighted by molar-refractivity contribution is 1.37. The molecule has 0 spiro atoms. The van der Waals surface area contributed by atoms with E-state index in [1.165, 1.54) is 33.2 Å². The molecular weight excluding hydrogens is 191 g/mol. The van der Waals surface area contributed by atoms with Gasteiger partial charge in [0.2, 0.25) is 6.71 Å². The lowest BCUT2D eigenvalue weighted by Crippen LogP contribution is -2.36. The summed E-state index contributed by atoms with van der Waals surface area (Å²) in [6.45, 7) is 7.31. The van der Waals surface area contributed by atoms with Crippen molar-refractivity contribution < 1.29 is 0 Å². The summed E-state index contributed by atoms with van der Waals surface area (Å²) in [7, 11) is 0. The van der Waals surface area contributed by atoms with Crippen LogP contribution < -0.4 is 10.9 Å². The van der Waals surface area contributed by atoms with Crippen molar-refractivity contribution in [2.24, 2.45) is 0 Å². The first-order valence-electron chi connectivity index (χ1n) is 5.89. The lowest BCUT2D eigenvalue weighted by Gasteiger charge is -2.10. The van der Waals surface area contributed by atoms with Crippen molar-refractivity contribution in [1.29, 1.82) is 0 Å². The number of hydrogen-bond donors (Lipinski definition) is 0. The van der Waals surface area contributed by atoms with Gasteiger partial charge in [0.25, 0.3) is 0 Å². The van der Waals surface area contributed by atoms with Crippen LogP contribution in [0, 0.1) is 13.8 Å². The van der Waals surface area contributed by atoms with E-state index < -0.39 is 0 Å². The number of hydrogen-bond acceptors (Lipinski definition) is 0. The van der Waals surface area contributed by atoms with Crippen LogP contribution in [-0.2, 0) is 0 Å². The summed E-state index contributed by atoms with van der Waals surface area (Å²) in [5, 5.41) is 0. The second-order valence-electron chi connectivity index (χ2n) is 4.78. The largest absolute Gasteiger partial charge is 0.208 e. The fourth-order valence-corrected chi connectivity index (χ4v) is 2.91. The molecule has 0 aliphatic carbocycles. The Hall–Kier alpha value is -1.50. The van der Waals surface area contributed by atoms with Crippen LogP contribution in [0.3, 0.4) is 0 Å². The predicted octanol–water partition coefficient (Wildman–Crippen LogP) is 2.52. The standard InChI is InChI=1S/C15H15B/c1-10-8-9-13-12-6-4-5-7-14(12)16(3)15(13)11(10)2/h4-9H,1-3H3. The van der Waals surface area contributed by atoms with E-state index in [0.717, 1.165) is 0 Å². The van der Waals surface area contributed by atoms with Crippen molar-refractivity contribution >= 4 is 17.6 Å². The molecule has 0 atom stereocenters. The Morgan fingerprint density at radius 2 is 1.62 bits per heavy atom. The van der Waals surface area contributed by atoms with E-state index in [2.05, 4.69) is 57.1 Å². The Bertz CT molecular complexity index is 570. The van der Waals surface area contributed by atoms with Gasteiger partial charge in [0.05, 0.1) is 0 Å². The minimum absolute atomic E-state index is 0.547. The second kappa shape index (κ2) is 3.25. The van der Waals surface area contributed by atoms with E-state index in [1.807, 2.05) is 0 Å². The Balaban J connectivity index is 2.37. The molecule has 0 unspecified atom stereocenters. The third-order valence-electron chi connectivity index (χ3n) is 3.94. The highest BCUT2D eigenvalue weighted by Crippen LogP contribution is 2.25. The van der Waals surface area contributed by atoms with Crippen molar-refractivity contribution in [2.75, 3.05) is 0 Å². The Kier molecular flexibility index (Phi) is 1.97. The molecule has 0 nitrogen and oxygen atoms in total. The van der Waals surface area contributed by atoms with Crippen LogP contribution in [0.25, 0.3) is 11.1 Å². The molecule has 0 fully saturated rings. The molecule has 1 aliphatic heterocycles. The molecule has 0 saturated heterocycles. The zero-order valence-electron chi connectivity index (χ0n) is 10.0. The highest BCUT2D eigenvalue weighted by atomic mass is 14.2. The van der Waals surface area contributed by atoms with Crippen LogP contribution >= 0.6 is 0 Å². The summed E-state index contributed by atoms with van der Waals surface area (Å²) in [4.78, 5) is 0. The van der Waals surface area contributed by atoms with Gasteiger partial charge in [-0.05, 0) is 30.5 Å². The molecule has 3 rings (SSSR count). The third kappa shape index (κ3) is 1.12. The van der Waals surface area contributed by atoms with Gasteiger partial charge in [-0.15, -0.1) is 0 Å². The van der Waals surface area contributed by atoms with E-state index in [0.29, 0.717) is 6.71 Å². The van der Waals surface area contributed by atoms with Gasteiger partial charge in [-0.1, -0.05) is 59.7 Å². The minimum atomic E-state index is 0.547. The van der Waals surface area contributed by atoms with Crippen molar-refractivity contribution in [3.05, 3.63) is 47.5 Å². The van der Waals surface area contributed by atoms with Gasteiger partial charge >= 0.3 is 0 Å². The van der Waals surface area contributed by atoms with Crippen molar-refractivity contribution in [1.82, 2.24) is 0 Å². The van der Waals surface area contributed by atoms with Crippen LogP contribution in [-0.4, -0.2) is 6.71 Å². The molecule has 1 heteroatoms. The molecule has 0 aromatic heterocycles. The fourth-order valence-electron chi connectivity index (χ4n) is 2.91. The predicted molar refractivity (Wildman–Crippen MR) is 72.2 cm³/mol. The zero-order valence-corrected chi connectivity index (χ0v) is 10.0. The summed E-state index contributed by atoms with van der Waals surface area (Å²) >= 11 is 0. The average molecular weight is 206 g/mol. The maximum Gasteiger partial charge on any atom is 0.208 e. The van der Waals surface area contributed by atoms with E-state index in [-0.39, 0.29) is 0 Å². The van der Waals surface area contributed by atoms with E-state index in [4.69, 9.17) is 0 Å². The number of benzene rings is 2. The normalized spacial score (nSPS) is 12.6. The first-order valence-corrected chi connectivity index (χ1v) is 5.89. The SMILES string of the molecule is CB1c2ccccc2-c2ccc(C)c(C)c21. The quantitative estimate of drug-likeness (QED) is 0.581. The number of aryl methyl sites for hydroxylation is 1. The smallest absolute Gasteiger partial charge is 0.0773 e. The molecule has 2 aromatic carbocycles. The molecule has 1 aliphatic rings. The minimum Gasteiger partial charge on any atom is -0.0773 e. The monoisotopic (exact) mass is 206 g/mol. The Morgan fingerprint density at radius 3 is 2.44 bits per heavy atom. The van der Waals surface area contributed by atoms with Gasteiger partial charge in [0.1, 0.15) is 0 Å². The molecule has 0 bridgehead atoms. The van der Waals surface area contributed by atoms with Crippen molar-refractivity contribution in [3.63, 3.8) is 0 Å². The van der Waals surface area contributed by atoms with Gasteiger partial charge in [0.15, 0.2) is 0 Å². The first kappa shape index (κ1) is 9.71. The number of fused-ring (bicyclic) bond motifs is 3. The van der Waals surface area contributed by atoms with E-state index in [1.54, 1.807) is 0 Å². The zero-order chi connectivity index (χ0) is 11.3. The summed E-state index contributed by atoms with van der Waals surface area (Å²) in [6.07, 6.45) is 0. The topological polar surface area (TPSA) is 0 Å². The molecule has 0 amide bonds. The van der Waals surface area contributed by atoms with Crippen LogP contribution in [0.15, 0.2) is 36.4 Å². The molecule has 1 heterocycles. The van der Waals surface area contributed by atoms with Gasteiger partial charge in [-0.25, -0.2) is 0 Å². The molecule has 2 aromatic rings. The summed E-state index contributed by atoms with van der Waals surface area (Å²) in [6, 6.07) is 13.3. The highest BCUT2D eigenvalue weighted by molar-refractivity contribution is 6.88. The summed E-state index contributed by atoms with van der Waals surface area (Å²) < 4.78 is 0. The molecule has 16 heavy (non-hydrogen) atoms. The highest BCUT2D eigenvalue weighted by Gasteiger charge is 2.29. The van der Waals surface area contributed by atoms with Crippen LogP contribution in [0.1, 0.15) is 11.1 Å². The molecule has 0 radical (unpaired) electrons. The fraction of sp³-hybridized carbons (Fsp3) is 0.200. The van der Waals surface area contributed by atoms with Gasteiger partial charge in [0, 0.05) is 0 Å². The van der Waals surface area contributed by atoms with E-state index in [9.17, 15) is 0 Å². The molecular formula is C15H15B. The third-order valence-corrected chi connectivity index (χ3v) is 3.94. The Morgan fingerprint density at radius 1 is 0.875 bits per heavy atom. The first-order chi connectivity index (χ1) is 7.70. The van der Waals surface area contributed by atoms with Crippen LogP contribution in [0.4, 0.5) is 0 Å². The average Bonchev–Trinajstić information content (AvgIpc) is 2.59. The number of rotatable bonds is 0. The molecule has 78 valence electrons. The van der Waals surface area contributed by atoms with Gasteiger partial charge < -0.3 is 0 Å². The Labute approximate surface area is 97.4 Å². The molecule has 0 N–H and O–H groups in total. The maximum absolute atomic E-state index is 2.32. The van der Waals surface area contributed by atoms with Crippen molar-refractivity contribution in [3.8, 4) is 11.1 Å². The van der Waals surface area contributed by atoms with Crippen LogP contribution in [0.5, 0.6) is 0 Å². The molecule has 0 saturated carbocycles. The summed E-state index contributed by atoms with van der Waals surface area (Å²) in [5.74, 6) is 0. The lowest BCUT2D eigenvalue weighted by atomic mass is 9.44. The van der Waals surface area contributed by atoms with Crippen LogP contribution in [0.2, 0.25) is 6.82 Å².